The molecule has 0 saturated heterocycles. The van der Waals surface area contributed by atoms with Crippen molar-refractivity contribution in [3.8, 4) is 5.75 Å². The second-order valence-electron chi connectivity index (χ2n) is 4.31. The minimum Gasteiger partial charge on any atom is -0.491 e. The molecule has 2 aromatic rings. The Kier molecular flexibility index (Phi) is 5.69. The molecule has 0 bridgehead atoms. The summed E-state index contributed by atoms with van der Waals surface area (Å²) in [5, 5.41) is 3.46. The highest BCUT2D eigenvalue weighted by Gasteiger charge is 2.07. The fraction of sp³-hybridized carbons (Fsp3) is 0.133. The van der Waals surface area contributed by atoms with Crippen LogP contribution in [0.2, 0.25) is 5.02 Å². The summed E-state index contributed by atoms with van der Waals surface area (Å²) in [6.07, 6.45) is 0.243. The normalized spacial score (nSPS) is 10.2. The maximum atomic E-state index is 11.9. The molecule has 0 radical (unpaired) electrons. The Bertz CT molecular complexity index is 649. The molecule has 1 amide bonds. The van der Waals surface area contributed by atoms with Gasteiger partial charge in [0.05, 0.1) is 24.4 Å². The van der Waals surface area contributed by atoms with Crippen molar-refractivity contribution in [1.82, 2.24) is 0 Å². The summed E-state index contributed by atoms with van der Waals surface area (Å²) in [6, 6.07) is 12.5. The van der Waals surface area contributed by atoms with Crippen molar-refractivity contribution in [3.05, 3.63) is 51.1 Å². The van der Waals surface area contributed by atoms with Crippen LogP contribution in [0.1, 0.15) is 6.42 Å². The van der Waals surface area contributed by atoms with Gasteiger partial charge in [0, 0.05) is 8.59 Å². The Balaban J connectivity index is 1.84. The van der Waals surface area contributed by atoms with E-state index in [9.17, 15) is 4.79 Å². The lowest BCUT2D eigenvalue weighted by molar-refractivity contribution is -0.116. The number of hydrogen-bond acceptors (Lipinski definition) is 3. The highest BCUT2D eigenvalue weighted by molar-refractivity contribution is 14.1. The fourth-order valence-electron chi connectivity index (χ4n) is 1.67. The van der Waals surface area contributed by atoms with Crippen LogP contribution in [-0.2, 0) is 4.79 Å². The standard InChI is InChI=1S/C15H14ClIN2O2/c16-10-5-6-13(11(17)9-10)19-15(20)7-8-21-14-4-2-1-3-12(14)18/h1-6,9H,7-8,18H2,(H,19,20). The molecule has 0 aliphatic rings. The van der Waals surface area contributed by atoms with Crippen LogP contribution in [0.4, 0.5) is 11.4 Å². The summed E-state index contributed by atoms with van der Waals surface area (Å²) >= 11 is 7.99. The number of nitrogens with one attached hydrogen (secondary N) is 1. The van der Waals surface area contributed by atoms with Crippen molar-refractivity contribution in [2.45, 2.75) is 6.42 Å². The SMILES string of the molecule is Nc1ccccc1OCCC(=O)Nc1ccc(Cl)cc1I. The van der Waals surface area contributed by atoms with Crippen molar-refractivity contribution in [1.29, 1.82) is 0 Å². The summed E-state index contributed by atoms with van der Waals surface area (Å²) < 4.78 is 6.38. The maximum Gasteiger partial charge on any atom is 0.227 e. The molecule has 0 unspecified atom stereocenters. The first-order valence-electron chi connectivity index (χ1n) is 6.28. The van der Waals surface area contributed by atoms with Gasteiger partial charge in [-0.15, -0.1) is 0 Å². The minimum absolute atomic E-state index is 0.121. The van der Waals surface area contributed by atoms with Crippen molar-refractivity contribution in [3.63, 3.8) is 0 Å². The highest BCUT2D eigenvalue weighted by atomic mass is 127. The molecule has 0 aromatic heterocycles. The number of hydrogen-bond donors (Lipinski definition) is 2. The van der Waals surface area contributed by atoms with Gasteiger partial charge in [-0.25, -0.2) is 0 Å². The number of ether oxygens (including phenoxy) is 1. The summed E-state index contributed by atoms with van der Waals surface area (Å²) in [4.78, 5) is 11.9. The van der Waals surface area contributed by atoms with E-state index in [4.69, 9.17) is 22.1 Å². The molecule has 6 heteroatoms. The first kappa shape index (κ1) is 15.9. The molecule has 0 saturated carbocycles. The van der Waals surface area contributed by atoms with E-state index >= 15 is 0 Å². The van der Waals surface area contributed by atoms with Crippen LogP contribution in [-0.4, -0.2) is 12.5 Å². The third-order valence-electron chi connectivity index (χ3n) is 2.71. The number of anilines is 2. The zero-order valence-electron chi connectivity index (χ0n) is 11.1. The third-order valence-corrected chi connectivity index (χ3v) is 3.84. The predicted octanol–water partition coefficient (Wildman–Crippen LogP) is 3.93. The molecule has 0 heterocycles. The molecular weight excluding hydrogens is 403 g/mol. The van der Waals surface area contributed by atoms with Gasteiger partial charge in [0.15, 0.2) is 0 Å². The average molecular weight is 417 g/mol. The Morgan fingerprint density at radius 2 is 2.05 bits per heavy atom. The molecule has 110 valence electrons. The van der Waals surface area contributed by atoms with Gasteiger partial charge >= 0.3 is 0 Å². The Labute approximate surface area is 141 Å². The van der Waals surface area contributed by atoms with Gasteiger partial charge in [0.2, 0.25) is 5.91 Å². The lowest BCUT2D eigenvalue weighted by Gasteiger charge is -2.10. The molecule has 3 N–H and O–H groups in total. The van der Waals surface area contributed by atoms with E-state index in [2.05, 4.69) is 27.9 Å². The molecule has 21 heavy (non-hydrogen) atoms. The zero-order valence-corrected chi connectivity index (χ0v) is 14.0. The number of rotatable bonds is 5. The molecule has 2 rings (SSSR count). The highest BCUT2D eigenvalue weighted by Crippen LogP contribution is 2.23. The lowest BCUT2D eigenvalue weighted by atomic mass is 10.3. The summed E-state index contributed by atoms with van der Waals surface area (Å²) in [6.45, 7) is 0.268. The molecule has 2 aromatic carbocycles. The topological polar surface area (TPSA) is 64.3 Å². The molecule has 0 atom stereocenters. The molecule has 4 nitrogen and oxygen atoms in total. The van der Waals surface area contributed by atoms with E-state index in [0.717, 1.165) is 9.26 Å². The van der Waals surface area contributed by atoms with E-state index in [1.807, 2.05) is 12.1 Å². The van der Waals surface area contributed by atoms with Crippen molar-refractivity contribution in [2.24, 2.45) is 0 Å². The van der Waals surface area contributed by atoms with Crippen LogP contribution >= 0.6 is 34.2 Å². The van der Waals surface area contributed by atoms with Gasteiger partial charge in [0.25, 0.3) is 0 Å². The predicted molar refractivity (Wildman–Crippen MR) is 93.8 cm³/mol. The van der Waals surface area contributed by atoms with Crippen LogP contribution in [0.25, 0.3) is 0 Å². The fourth-order valence-corrected chi connectivity index (χ4v) is 2.68. The number of para-hydroxylation sites is 2. The van der Waals surface area contributed by atoms with E-state index in [1.54, 1.807) is 30.3 Å². The Hall–Kier alpha value is -1.47. The number of carbonyl (C=O) groups excluding carboxylic acids is 1. The lowest BCUT2D eigenvalue weighted by Crippen LogP contribution is -2.16. The Morgan fingerprint density at radius 3 is 2.76 bits per heavy atom. The van der Waals surface area contributed by atoms with E-state index in [-0.39, 0.29) is 18.9 Å². The molecular formula is C15H14ClIN2O2. The van der Waals surface area contributed by atoms with Gasteiger partial charge in [-0.3, -0.25) is 4.79 Å². The second kappa shape index (κ2) is 7.51. The molecule has 0 aliphatic carbocycles. The summed E-state index contributed by atoms with van der Waals surface area (Å²) in [5.74, 6) is 0.469. The first-order valence-corrected chi connectivity index (χ1v) is 7.74. The largest absolute Gasteiger partial charge is 0.491 e. The number of nitrogen functional groups attached to an aromatic ring is 1. The maximum absolute atomic E-state index is 11.9. The van der Waals surface area contributed by atoms with Gasteiger partial charge in [-0.2, -0.15) is 0 Å². The third kappa shape index (κ3) is 4.78. The quantitative estimate of drug-likeness (QED) is 0.573. The molecule has 0 fully saturated rings. The van der Waals surface area contributed by atoms with Crippen LogP contribution in [0.3, 0.4) is 0 Å². The van der Waals surface area contributed by atoms with Crippen LogP contribution in [0.15, 0.2) is 42.5 Å². The smallest absolute Gasteiger partial charge is 0.227 e. The van der Waals surface area contributed by atoms with Crippen molar-refractivity contribution < 1.29 is 9.53 Å². The number of nitrogens with two attached hydrogens (primary N) is 1. The van der Waals surface area contributed by atoms with Gasteiger partial charge in [0.1, 0.15) is 5.75 Å². The van der Waals surface area contributed by atoms with Crippen molar-refractivity contribution in [2.75, 3.05) is 17.7 Å². The minimum atomic E-state index is -0.121. The van der Waals surface area contributed by atoms with Crippen molar-refractivity contribution >= 4 is 51.5 Å². The number of benzene rings is 2. The second-order valence-corrected chi connectivity index (χ2v) is 5.91. The van der Waals surface area contributed by atoms with Gasteiger partial charge in [-0.1, -0.05) is 23.7 Å². The average Bonchev–Trinajstić information content (AvgIpc) is 2.44. The summed E-state index contributed by atoms with van der Waals surface area (Å²) in [5.41, 5.74) is 7.06. The summed E-state index contributed by atoms with van der Waals surface area (Å²) in [7, 11) is 0. The number of amides is 1. The van der Waals surface area contributed by atoms with Crippen LogP contribution < -0.4 is 15.8 Å². The zero-order chi connectivity index (χ0) is 15.2. The van der Waals surface area contributed by atoms with Gasteiger partial charge < -0.3 is 15.8 Å². The molecule has 0 spiro atoms. The molecule has 0 aliphatic heterocycles. The number of halogens is 2. The van der Waals surface area contributed by atoms with Gasteiger partial charge in [-0.05, 0) is 52.9 Å². The monoisotopic (exact) mass is 416 g/mol. The first-order chi connectivity index (χ1) is 10.1. The number of carbonyl (C=O) groups is 1. The van der Waals surface area contributed by atoms with E-state index in [0.29, 0.717) is 16.5 Å². The van der Waals surface area contributed by atoms with Crippen LogP contribution in [0.5, 0.6) is 5.75 Å². The van der Waals surface area contributed by atoms with E-state index < -0.39 is 0 Å². The van der Waals surface area contributed by atoms with Crippen LogP contribution in [0, 0.1) is 3.57 Å². The Morgan fingerprint density at radius 1 is 1.29 bits per heavy atom. The van der Waals surface area contributed by atoms with E-state index in [1.165, 1.54) is 0 Å².